The molecule has 1 saturated heterocycles. The van der Waals surface area contributed by atoms with Gasteiger partial charge in [0.2, 0.25) is 0 Å². The predicted octanol–water partition coefficient (Wildman–Crippen LogP) is 7.24. The summed E-state index contributed by atoms with van der Waals surface area (Å²) in [5, 5.41) is 20.4. The first kappa shape index (κ1) is 29.4. The van der Waals surface area contributed by atoms with E-state index in [4.69, 9.17) is 9.47 Å². The van der Waals surface area contributed by atoms with Crippen LogP contribution in [0.1, 0.15) is 136 Å². The first-order valence-corrected chi connectivity index (χ1v) is 13.8. The molecule has 0 aromatic carbocycles. The van der Waals surface area contributed by atoms with Gasteiger partial charge in [-0.3, -0.25) is 4.79 Å². The lowest BCUT2D eigenvalue weighted by Gasteiger charge is -2.30. The number of unbranched alkanes of at least 4 members (excludes halogenated alkanes) is 11. The minimum atomic E-state index is -0.885. The Balaban J connectivity index is 2.44. The Morgan fingerprint density at radius 2 is 1.44 bits per heavy atom. The third-order valence-electron chi connectivity index (χ3n) is 6.77. The fourth-order valence-corrected chi connectivity index (χ4v) is 4.66. The molecule has 32 heavy (non-hydrogen) atoms. The van der Waals surface area contributed by atoms with Crippen LogP contribution in [0.5, 0.6) is 0 Å². The molecule has 3 unspecified atom stereocenters. The predicted molar refractivity (Wildman–Crippen MR) is 131 cm³/mol. The van der Waals surface area contributed by atoms with Crippen molar-refractivity contribution >= 4 is 5.97 Å². The van der Waals surface area contributed by atoms with Crippen LogP contribution in [-0.4, -0.2) is 41.3 Å². The lowest BCUT2D eigenvalue weighted by Crippen LogP contribution is -2.35. The quantitative estimate of drug-likeness (QED) is 0.178. The van der Waals surface area contributed by atoms with Crippen molar-refractivity contribution < 1.29 is 24.5 Å². The topological polar surface area (TPSA) is 76.0 Å². The second-order valence-electron chi connectivity index (χ2n) is 9.77. The summed E-state index contributed by atoms with van der Waals surface area (Å²) >= 11 is 0. The van der Waals surface area contributed by atoms with Crippen LogP contribution in [0.3, 0.4) is 0 Å². The number of carboxylic acid groups (broad SMARTS) is 1. The first-order valence-electron chi connectivity index (χ1n) is 13.8. The number of carboxylic acids is 1. The van der Waals surface area contributed by atoms with Crippen LogP contribution in [0.4, 0.5) is 0 Å². The van der Waals surface area contributed by atoms with Crippen LogP contribution in [-0.2, 0) is 14.3 Å². The minimum Gasteiger partial charge on any atom is -0.481 e. The molecule has 1 rings (SSSR count). The van der Waals surface area contributed by atoms with E-state index in [1.54, 1.807) is 0 Å². The molecule has 1 heterocycles. The summed E-state index contributed by atoms with van der Waals surface area (Å²) in [5.74, 6) is -1.59. The molecule has 0 radical (unpaired) electrons. The van der Waals surface area contributed by atoms with Crippen LogP contribution in [0.15, 0.2) is 0 Å². The maximum absolute atomic E-state index is 11.8. The summed E-state index contributed by atoms with van der Waals surface area (Å²) in [4.78, 5) is 11.8. The van der Waals surface area contributed by atoms with Crippen molar-refractivity contribution in [2.45, 2.75) is 154 Å². The third kappa shape index (κ3) is 14.5. The van der Waals surface area contributed by atoms with Crippen LogP contribution >= 0.6 is 0 Å². The molecule has 1 fully saturated rings. The Bertz CT molecular complexity index is 436. The van der Waals surface area contributed by atoms with E-state index in [-0.39, 0.29) is 12.4 Å². The highest BCUT2D eigenvalue weighted by Gasteiger charge is 2.30. The zero-order valence-electron chi connectivity index (χ0n) is 21.1. The highest BCUT2D eigenvalue weighted by molar-refractivity contribution is 5.70. The fourth-order valence-electron chi connectivity index (χ4n) is 4.66. The van der Waals surface area contributed by atoms with E-state index in [1.165, 1.54) is 51.4 Å². The Morgan fingerprint density at radius 3 is 2.00 bits per heavy atom. The number of aliphatic hydroxyl groups excluding tert-OH is 1. The largest absolute Gasteiger partial charge is 0.481 e. The molecule has 0 aliphatic carbocycles. The highest BCUT2D eigenvalue weighted by atomic mass is 16.7. The molecule has 1 aliphatic rings. The van der Waals surface area contributed by atoms with Crippen molar-refractivity contribution in [3.05, 3.63) is 0 Å². The van der Waals surface area contributed by atoms with Crippen molar-refractivity contribution in [2.75, 3.05) is 6.61 Å². The van der Waals surface area contributed by atoms with E-state index < -0.39 is 18.0 Å². The van der Waals surface area contributed by atoms with Crippen molar-refractivity contribution in [1.82, 2.24) is 0 Å². The standard InChI is InChI=1S/C27H52O5/c1-3-5-7-9-10-11-12-13-14-18-23(32-26-20-16-17-21-31-26)22-25(28)24(27(29)30)19-15-8-6-4-2/h23-26,28H,3-22H2,1-2H3,(H,29,30)/t23?,24?,25?,26-/m1/s1. The highest BCUT2D eigenvalue weighted by Crippen LogP contribution is 2.25. The van der Waals surface area contributed by atoms with E-state index >= 15 is 0 Å². The Hall–Kier alpha value is -0.650. The van der Waals surface area contributed by atoms with Crippen LogP contribution < -0.4 is 0 Å². The number of ether oxygens (including phenoxy) is 2. The molecule has 1 aliphatic heterocycles. The molecule has 5 heteroatoms. The molecular formula is C27H52O5. The summed E-state index contributed by atoms with van der Waals surface area (Å²) in [6.45, 7) is 5.12. The number of rotatable bonds is 21. The average Bonchev–Trinajstić information content (AvgIpc) is 2.78. The number of hydrogen-bond acceptors (Lipinski definition) is 4. The van der Waals surface area contributed by atoms with Gasteiger partial charge in [0.15, 0.2) is 6.29 Å². The smallest absolute Gasteiger partial charge is 0.309 e. The Kier molecular flexibility index (Phi) is 18.2. The molecule has 0 amide bonds. The van der Waals surface area contributed by atoms with Gasteiger partial charge in [0.05, 0.1) is 18.1 Å². The van der Waals surface area contributed by atoms with Crippen LogP contribution in [0, 0.1) is 5.92 Å². The maximum Gasteiger partial charge on any atom is 0.309 e. The molecule has 190 valence electrons. The SMILES string of the molecule is CCCCCCCCCCCC(CC(O)C(CCCCCC)C(=O)O)O[C@@H]1CCCCO1. The van der Waals surface area contributed by atoms with E-state index in [0.717, 1.165) is 64.4 Å². The van der Waals surface area contributed by atoms with Gasteiger partial charge in [0.1, 0.15) is 0 Å². The van der Waals surface area contributed by atoms with Gasteiger partial charge in [-0.05, 0) is 32.1 Å². The van der Waals surface area contributed by atoms with Gasteiger partial charge in [-0.2, -0.15) is 0 Å². The molecular weight excluding hydrogens is 404 g/mol. The maximum atomic E-state index is 11.8. The Morgan fingerprint density at radius 1 is 0.875 bits per heavy atom. The van der Waals surface area contributed by atoms with Crippen LogP contribution in [0.25, 0.3) is 0 Å². The summed E-state index contributed by atoms with van der Waals surface area (Å²) in [6, 6.07) is 0. The molecule has 4 atom stereocenters. The van der Waals surface area contributed by atoms with Crippen molar-refractivity contribution in [2.24, 2.45) is 5.92 Å². The van der Waals surface area contributed by atoms with Gasteiger partial charge < -0.3 is 19.7 Å². The monoisotopic (exact) mass is 456 g/mol. The van der Waals surface area contributed by atoms with Gasteiger partial charge in [0, 0.05) is 13.0 Å². The molecule has 0 saturated carbocycles. The Labute approximate surface area is 197 Å². The van der Waals surface area contributed by atoms with Gasteiger partial charge in [0.25, 0.3) is 0 Å². The normalized spacial score (nSPS) is 19.5. The number of hydrogen-bond donors (Lipinski definition) is 2. The van der Waals surface area contributed by atoms with Gasteiger partial charge in [-0.25, -0.2) is 0 Å². The summed E-state index contributed by atoms with van der Waals surface area (Å²) in [7, 11) is 0. The lowest BCUT2D eigenvalue weighted by atomic mass is 9.90. The van der Waals surface area contributed by atoms with Crippen molar-refractivity contribution in [3.8, 4) is 0 Å². The molecule has 0 aromatic rings. The second kappa shape index (κ2) is 19.8. The van der Waals surface area contributed by atoms with Gasteiger partial charge >= 0.3 is 5.97 Å². The average molecular weight is 457 g/mol. The van der Waals surface area contributed by atoms with E-state index in [9.17, 15) is 15.0 Å². The lowest BCUT2D eigenvalue weighted by molar-refractivity contribution is -0.196. The van der Waals surface area contributed by atoms with E-state index in [0.29, 0.717) is 12.8 Å². The molecule has 0 spiro atoms. The minimum absolute atomic E-state index is 0.129. The third-order valence-corrected chi connectivity index (χ3v) is 6.77. The fraction of sp³-hybridized carbons (Fsp3) is 0.963. The molecule has 2 N–H and O–H groups in total. The molecule has 0 bridgehead atoms. The number of carbonyl (C=O) groups is 1. The molecule has 0 aromatic heterocycles. The summed E-state index contributed by atoms with van der Waals surface area (Å²) < 4.78 is 12.0. The van der Waals surface area contributed by atoms with Crippen LogP contribution in [0.2, 0.25) is 0 Å². The van der Waals surface area contributed by atoms with Gasteiger partial charge in [-0.15, -0.1) is 0 Å². The van der Waals surface area contributed by atoms with Gasteiger partial charge in [-0.1, -0.05) is 97.3 Å². The summed E-state index contributed by atoms with van der Waals surface area (Å²) in [5.41, 5.74) is 0. The number of aliphatic hydroxyl groups is 1. The van der Waals surface area contributed by atoms with E-state index in [1.807, 2.05) is 0 Å². The zero-order valence-corrected chi connectivity index (χ0v) is 21.1. The number of aliphatic carboxylic acids is 1. The van der Waals surface area contributed by atoms with Crippen molar-refractivity contribution in [1.29, 1.82) is 0 Å². The first-order chi connectivity index (χ1) is 15.6. The second-order valence-corrected chi connectivity index (χ2v) is 9.77. The van der Waals surface area contributed by atoms with E-state index in [2.05, 4.69) is 13.8 Å². The molecule has 5 nitrogen and oxygen atoms in total. The zero-order chi connectivity index (χ0) is 23.4. The van der Waals surface area contributed by atoms with Crippen molar-refractivity contribution in [3.63, 3.8) is 0 Å². The summed E-state index contributed by atoms with van der Waals surface area (Å²) in [6.07, 6.45) is 19.3.